The van der Waals surface area contributed by atoms with Gasteiger partial charge in [0.25, 0.3) is 0 Å². The summed E-state index contributed by atoms with van der Waals surface area (Å²) in [6, 6.07) is 12.7. The van der Waals surface area contributed by atoms with Gasteiger partial charge in [0.1, 0.15) is 5.82 Å². The number of hydrogen-bond acceptors (Lipinski definition) is 3. The Kier molecular flexibility index (Phi) is 4.32. The molecule has 5 heteroatoms. The van der Waals surface area contributed by atoms with Crippen molar-refractivity contribution in [2.24, 2.45) is 5.73 Å². The number of aliphatic hydroxyl groups excluding tert-OH is 1. The molecule has 25 heavy (non-hydrogen) atoms. The molecule has 1 aliphatic heterocycles. The lowest BCUT2D eigenvalue weighted by atomic mass is 9.72. The number of rotatable bonds is 2. The number of aliphatic hydroxyl groups is 1. The summed E-state index contributed by atoms with van der Waals surface area (Å²) in [4.78, 5) is 2.33. The first kappa shape index (κ1) is 17.0. The van der Waals surface area contributed by atoms with E-state index in [4.69, 9.17) is 17.3 Å². The van der Waals surface area contributed by atoms with Crippen molar-refractivity contribution >= 4 is 11.6 Å². The topological polar surface area (TPSA) is 49.5 Å². The molecule has 0 saturated carbocycles. The van der Waals surface area contributed by atoms with Crippen molar-refractivity contribution in [2.45, 2.75) is 36.9 Å². The minimum absolute atomic E-state index is 0.164. The van der Waals surface area contributed by atoms with Gasteiger partial charge in [0, 0.05) is 12.0 Å². The summed E-state index contributed by atoms with van der Waals surface area (Å²) in [5.41, 5.74) is 9.32. The second kappa shape index (κ2) is 6.36. The van der Waals surface area contributed by atoms with Crippen molar-refractivity contribution in [3.8, 4) is 0 Å². The van der Waals surface area contributed by atoms with Crippen LogP contribution in [0.4, 0.5) is 4.39 Å². The first-order chi connectivity index (χ1) is 12.0. The molecule has 3 N–H and O–H groups in total. The predicted octanol–water partition coefficient (Wildman–Crippen LogP) is 3.39. The molecule has 0 bridgehead atoms. The van der Waals surface area contributed by atoms with Crippen LogP contribution in [0.25, 0.3) is 0 Å². The highest BCUT2D eigenvalue weighted by Crippen LogP contribution is 2.50. The monoisotopic (exact) mass is 360 g/mol. The zero-order valence-electron chi connectivity index (χ0n) is 14.0. The third-order valence-electron chi connectivity index (χ3n) is 5.90. The molecule has 132 valence electrons. The third kappa shape index (κ3) is 2.77. The summed E-state index contributed by atoms with van der Waals surface area (Å²) in [7, 11) is 0. The SMILES string of the molecule is N[C@@H]1c2ccccc2C2(CCN(Cc3ccc(F)c(Cl)c3)CC2)[C@H]1O. The Labute approximate surface area is 152 Å². The van der Waals surface area contributed by atoms with E-state index in [9.17, 15) is 9.50 Å². The van der Waals surface area contributed by atoms with Crippen LogP contribution in [0.5, 0.6) is 0 Å². The molecule has 1 heterocycles. The highest BCUT2D eigenvalue weighted by molar-refractivity contribution is 6.30. The Morgan fingerprint density at radius 2 is 1.92 bits per heavy atom. The molecule has 0 aromatic heterocycles. The summed E-state index contributed by atoms with van der Waals surface area (Å²) in [6.07, 6.45) is 1.20. The molecule has 2 atom stereocenters. The van der Waals surface area contributed by atoms with Gasteiger partial charge in [-0.1, -0.05) is 41.9 Å². The van der Waals surface area contributed by atoms with E-state index in [-0.39, 0.29) is 22.3 Å². The van der Waals surface area contributed by atoms with Gasteiger partial charge >= 0.3 is 0 Å². The summed E-state index contributed by atoms with van der Waals surface area (Å²) in [6.45, 7) is 2.47. The second-order valence-electron chi connectivity index (χ2n) is 7.24. The normalized spacial score (nSPS) is 25.3. The molecule has 4 rings (SSSR count). The van der Waals surface area contributed by atoms with Crippen molar-refractivity contribution in [1.82, 2.24) is 4.90 Å². The van der Waals surface area contributed by atoms with Gasteiger partial charge < -0.3 is 10.8 Å². The fraction of sp³-hybridized carbons (Fsp3) is 0.400. The van der Waals surface area contributed by atoms with E-state index in [1.807, 2.05) is 18.2 Å². The molecule has 2 aromatic carbocycles. The molecule has 1 aliphatic carbocycles. The first-order valence-corrected chi connectivity index (χ1v) is 9.08. The Morgan fingerprint density at radius 3 is 2.64 bits per heavy atom. The maximum Gasteiger partial charge on any atom is 0.141 e. The Balaban J connectivity index is 1.50. The smallest absolute Gasteiger partial charge is 0.141 e. The molecular weight excluding hydrogens is 339 g/mol. The van der Waals surface area contributed by atoms with Gasteiger partial charge in [-0.2, -0.15) is 0 Å². The maximum atomic E-state index is 13.3. The van der Waals surface area contributed by atoms with E-state index in [1.54, 1.807) is 12.1 Å². The third-order valence-corrected chi connectivity index (χ3v) is 6.19. The standard InChI is InChI=1S/C20H22ClFN2O/c21-16-11-13(5-6-17(16)22)12-24-9-7-20(8-10-24)15-4-2-1-3-14(15)18(23)19(20)25/h1-6,11,18-19,25H,7-10,12,23H2/t18-,19+/m1/s1. The number of halogens is 2. The second-order valence-corrected chi connectivity index (χ2v) is 7.65. The Bertz CT molecular complexity index is 789. The van der Waals surface area contributed by atoms with Crippen molar-refractivity contribution in [3.05, 3.63) is 70.0 Å². The van der Waals surface area contributed by atoms with Crippen molar-refractivity contribution in [3.63, 3.8) is 0 Å². The van der Waals surface area contributed by atoms with Crippen molar-refractivity contribution in [1.29, 1.82) is 0 Å². The van der Waals surface area contributed by atoms with Gasteiger partial charge in [0.2, 0.25) is 0 Å². The van der Waals surface area contributed by atoms with Gasteiger partial charge in [-0.05, 0) is 54.8 Å². The highest BCUT2D eigenvalue weighted by atomic mass is 35.5. The summed E-state index contributed by atoms with van der Waals surface area (Å²) >= 11 is 5.88. The van der Waals surface area contributed by atoms with Crippen LogP contribution in [0.3, 0.4) is 0 Å². The van der Waals surface area contributed by atoms with Crippen LogP contribution in [0.2, 0.25) is 5.02 Å². The number of nitrogens with two attached hydrogens (primary N) is 1. The largest absolute Gasteiger partial charge is 0.390 e. The minimum Gasteiger partial charge on any atom is -0.390 e. The van der Waals surface area contributed by atoms with Crippen LogP contribution in [0.1, 0.15) is 35.6 Å². The number of likely N-dealkylation sites (tertiary alicyclic amines) is 1. The number of benzene rings is 2. The van der Waals surface area contributed by atoms with E-state index >= 15 is 0 Å². The van der Waals surface area contributed by atoms with Gasteiger partial charge in [0.15, 0.2) is 0 Å². The van der Waals surface area contributed by atoms with Gasteiger partial charge in [-0.3, -0.25) is 4.90 Å². The molecule has 0 unspecified atom stereocenters. The number of hydrogen-bond donors (Lipinski definition) is 2. The molecule has 1 fully saturated rings. The molecule has 2 aromatic rings. The van der Waals surface area contributed by atoms with Crippen LogP contribution >= 0.6 is 11.6 Å². The minimum atomic E-state index is -0.535. The number of nitrogens with zero attached hydrogens (tertiary/aromatic N) is 1. The predicted molar refractivity (Wildman–Crippen MR) is 97.0 cm³/mol. The molecule has 3 nitrogen and oxygen atoms in total. The molecule has 1 spiro atoms. The molecule has 0 amide bonds. The Morgan fingerprint density at radius 1 is 1.20 bits per heavy atom. The fourth-order valence-corrected chi connectivity index (χ4v) is 4.69. The lowest BCUT2D eigenvalue weighted by Gasteiger charge is -2.42. The number of fused-ring (bicyclic) bond motifs is 2. The summed E-state index contributed by atoms with van der Waals surface area (Å²) in [5.74, 6) is -0.386. The highest BCUT2D eigenvalue weighted by Gasteiger charge is 2.51. The molecule has 0 radical (unpaired) electrons. The van der Waals surface area contributed by atoms with E-state index < -0.39 is 6.10 Å². The quantitative estimate of drug-likeness (QED) is 0.863. The lowest BCUT2D eigenvalue weighted by molar-refractivity contribution is 0.0271. The first-order valence-electron chi connectivity index (χ1n) is 8.70. The van der Waals surface area contributed by atoms with Crippen LogP contribution in [-0.4, -0.2) is 29.2 Å². The maximum absolute atomic E-state index is 13.3. The van der Waals surface area contributed by atoms with Crippen molar-refractivity contribution in [2.75, 3.05) is 13.1 Å². The van der Waals surface area contributed by atoms with Crippen LogP contribution in [0, 0.1) is 5.82 Å². The zero-order chi connectivity index (χ0) is 17.6. The van der Waals surface area contributed by atoms with Gasteiger partial charge in [-0.15, -0.1) is 0 Å². The molecule has 1 saturated heterocycles. The molecular formula is C20H22ClFN2O. The van der Waals surface area contributed by atoms with Crippen LogP contribution < -0.4 is 5.73 Å². The zero-order valence-corrected chi connectivity index (χ0v) is 14.7. The Hall–Kier alpha value is -1.46. The number of piperidine rings is 1. The summed E-state index contributed by atoms with van der Waals surface area (Å²) in [5, 5.41) is 11.0. The van der Waals surface area contributed by atoms with E-state index in [1.165, 1.54) is 11.6 Å². The van der Waals surface area contributed by atoms with Gasteiger partial charge in [-0.25, -0.2) is 4.39 Å². The lowest BCUT2D eigenvalue weighted by Crippen LogP contribution is -2.48. The summed E-state index contributed by atoms with van der Waals surface area (Å²) < 4.78 is 13.3. The van der Waals surface area contributed by atoms with Crippen molar-refractivity contribution < 1.29 is 9.50 Å². The van der Waals surface area contributed by atoms with Crippen LogP contribution in [0.15, 0.2) is 42.5 Å². The average Bonchev–Trinajstić information content (AvgIpc) is 2.83. The van der Waals surface area contributed by atoms with Crippen LogP contribution in [-0.2, 0) is 12.0 Å². The van der Waals surface area contributed by atoms with E-state index in [0.717, 1.165) is 43.6 Å². The average molecular weight is 361 g/mol. The van der Waals surface area contributed by atoms with E-state index in [0.29, 0.717) is 0 Å². The molecule has 2 aliphatic rings. The van der Waals surface area contributed by atoms with E-state index in [2.05, 4.69) is 11.0 Å². The van der Waals surface area contributed by atoms with Gasteiger partial charge in [0.05, 0.1) is 17.2 Å². The fourth-order valence-electron chi connectivity index (χ4n) is 4.49.